The van der Waals surface area contributed by atoms with E-state index in [4.69, 9.17) is 4.74 Å². The summed E-state index contributed by atoms with van der Waals surface area (Å²) < 4.78 is 5.34. The fourth-order valence-electron chi connectivity index (χ4n) is 4.24. The molecule has 0 spiro atoms. The number of likely N-dealkylation sites (tertiary alicyclic amines) is 1. The van der Waals surface area contributed by atoms with Crippen molar-refractivity contribution >= 4 is 35.9 Å². The maximum atomic E-state index is 11.7. The lowest BCUT2D eigenvalue weighted by Crippen LogP contribution is -2.45. The van der Waals surface area contributed by atoms with Gasteiger partial charge in [-0.15, -0.1) is 24.0 Å². The second-order valence-electron chi connectivity index (χ2n) is 9.31. The van der Waals surface area contributed by atoms with E-state index >= 15 is 0 Å². The number of unbranched alkanes of at least 4 members (excludes halogenated alkanes) is 3. The molecular formula is C22H43IN4O2. The summed E-state index contributed by atoms with van der Waals surface area (Å²) in [6.45, 7) is 9.03. The van der Waals surface area contributed by atoms with Gasteiger partial charge in [-0.2, -0.15) is 0 Å². The number of esters is 1. The predicted octanol–water partition coefficient (Wildman–Crippen LogP) is 4.08. The highest BCUT2D eigenvalue weighted by Crippen LogP contribution is 2.26. The van der Waals surface area contributed by atoms with Crippen LogP contribution in [0.3, 0.4) is 0 Å². The zero-order valence-corrected chi connectivity index (χ0v) is 21.3. The smallest absolute Gasteiger partial charge is 0.306 e. The van der Waals surface area contributed by atoms with Gasteiger partial charge in [0.25, 0.3) is 0 Å². The van der Waals surface area contributed by atoms with Gasteiger partial charge in [0.15, 0.2) is 5.96 Å². The van der Waals surface area contributed by atoms with Crippen molar-refractivity contribution in [3.05, 3.63) is 0 Å². The quantitative estimate of drug-likeness (QED) is 0.157. The normalized spacial score (nSPS) is 21.1. The van der Waals surface area contributed by atoms with Crippen LogP contribution in [0, 0.1) is 0 Å². The summed E-state index contributed by atoms with van der Waals surface area (Å²) in [5.41, 5.74) is -0.378. The van der Waals surface area contributed by atoms with E-state index in [9.17, 15) is 4.79 Å². The van der Waals surface area contributed by atoms with Crippen LogP contribution in [0.2, 0.25) is 0 Å². The first-order valence-corrected chi connectivity index (χ1v) is 11.3. The molecule has 0 aromatic heterocycles. The Morgan fingerprint density at radius 2 is 1.79 bits per heavy atom. The first kappa shape index (κ1) is 26.5. The molecule has 2 N–H and O–H groups in total. The van der Waals surface area contributed by atoms with E-state index in [2.05, 4.69) is 20.5 Å². The second kappa shape index (κ2) is 13.7. The van der Waals surface area contributed by atoms with Crippen molar-refractivity contribution in [3.63, 3.8) is 0 Å². The second-order valence-corrected chi connectivity index (χ2v) is 9.31. The van der Waals surface area contributed by atoms with Crippen LogP contribution in [-0.4, -0.2) is 61.2 Å². The van der Waals surface area contributed by atoms with Crippen molar-refractivity contribution in [1.82, 2.24) is 15.5 Å². The van der Waals surface area contributed by atoms with Gasteiger partial charge in [-0.3, -0.25) is 14.7 Å². The Bertz CT molecular complexity index is 502. The van der Waals surface area contributed by atoms with Crippen LogP contribution in [0.1, 0.15) is 85.0 Å². The summed E-state index contributed by atoms with van der Waals surface area (Å²) in [7, 11) is 1.85. The van der Waals surface area contributed by atoms with Gasteiger partial charge >= 0.3 is 5.97 Å². The van der Waals surface area contributed by atoms with Crippen molar-refractivity contribution in [1.29, 1.82) is 0 Å². The lowest BCUT2D eigenvalue weighted by Gasteiger charge is -2.24. The van der Waals surface area contributed by atoms with Crippen LogP contribution in [0.25, 0.3) is 0 Å². The van der Waals surface area contributed by atoms with Gasteiger partial charge in [-0.05, 0) is 52.9 Å². The van der Waals surface area contributed by atoms with Crippen LogP contribution in [0.5, 0.6) is 0 Å². The molecule has 0 aromatic carbocycles. The highest BCUT2D eigenvalue weighted by molar-refractivity contribution is 14.0. The largest absolute Gasteiger partial charge is 0.460 e. The monoisotopic (exact) mass is 522 g/mol. The van der Waals surface area contributed by atoms with E-state index in [0.29, 0.717) is 12.5 Å². The molecule has 0 bridgehead atoms. The lowest BCUT2D eigenvalue weighted by atomic mass is 10.1. The maximum absolute atomic E-state index is 11.7. The number of halogens is 1. The molecule has 1 saturated heterocycles. The Morgan fingerprint density at radius 3 is 2.45 bits per heavy atom. The molecule has 1 atom stereocenters. The van der Waals surface area contributed by atoms with Gasteiger partial charge < -0.3 is 15.4 Å². The van der Waals surface area contributed by atoms with Gasteiger partial charge in [-0.1, -0.05) is 25.7 Å². The van der Waals surface area contributed by atoms with Gasteiger partial charge in [0.1, 0.15) is 5.60 Å². The summed E-state index contributed by atoms with van der Waals surface area (Å²) in [6, 6.07) is 1.34. The Balaban J connectivity index is 0.00000420. The predicted molar refractivity (Wildman–Crippen MR) is 131 cm³/mol. The number of carbonyl (C=O) groups excluding carboxylic acids is 1. The van der Waals surface area contributed by atoms with Crippen LogP contribution in [0.4, 0.5) is 0 Å². The van der Waals surface area contributed by atoms with E-state index in [0.717, 1.165) is 50.8 Å². The van der Waals surface area contributed by atoms with Crippen molar-refractivity contribution in [2.45, 2.75) is 103 Å². The highest BCUT2D eigenvalue weighted by atomic mass is 127. The number of hydrogen-bond donors (Lipinski definition) is 2. The number of nitrogens with zero attached hydrogens (tertiary/aromatic N) is 2. The summed E-state index contributed by atoms with van der Waals surface area (Å²) in [5.74, 6) is 0.838. The summed E-state index contributed by atoms with van der Waals surface area (Å²) in [4.78, 5) is 18.7. The molecule has 6 nitrogen and oxygen atoms in total. The van der Waals surface area contributed by atoms with E-state index in [1.54, 1.807) is 0 Å². The minimum absolute atomic E-state index is 0. The minimum Gasteiger partial charge on any atom is -0.460 e. The Kier molecular flexibility index (Phi) is 12.5. The molecule has 0 radical (unpaired) electrons. The molecule has 2 rings (SSSR count). The van der Waals surface area contributed by atoms with E-state index < -0.39 is 0 Å². The molecule has 2 aliphatic rings. The zero-order valence-electron chi connectivity index (χ0n) is 19.0. The average Bonchev–Trinajstić information content (AvgIpc) is 3.29. The van der Waals surface area contributed by atoms with Crippen LogP contribution < -0.4 is 10.6 Å². The molecule has 2 fully saturated rings. The van der Waals surface area contributed by atoms with E-state index in [-0.39, 0.29) is 35.5 Å². The van der Waals surface area contributed by atoms with Gasteiger partial charge in [0.2, 0.25) is 0 Å². The molecule has 1 unspecified atom stereocenters. The zero-order chi connectivity index (χ0) is 20.4. The van der Waals surface area contributed by atoms with Crippen molar-refractivity contribution in [3.8, 4) is 0 Å². The van der Waals surface area contributed by atoms with E-state index in [1.165, 1.54) is 38.6 Å². The molecule has 1 heterocycles. The SMILES string of the molecule is CN=C(NCCCCCCC(=O)OC(C)(C)C)NC1CCN(C2CCCC2)C1.I. The van der Waals surface area contributed by atoms with Crippen molar-refractivity contribution in [2.75, 3.05) is 26.7 Å². The van der Waals surface area contributed by atoms with Crippen molar-refractivity contribution in [2.24, 2.45) is 4.99 Å². The third-order valence-corrected chi connectivity index (χ3v) is 5.65. The number of guanidine groups is 1. The maximum Gasteiger partial charge on any atom is 0.306 e. The summed E-state index contributed by atoms with van der Waals surface area (Å²) in [5, 5.41) is 7.03. The lowest BCUT2D eigenvalue weighted by molar-refractivity contribution is -0.154. The van der Waals surface area contributed by atoms with Gasteiger partial charge in [-0.25, -0.2) is 0 Å². The van der Waals surface area contributed by atoms with Crippen LogP contribution >= 0.6 is 24.0 Å². The number of rotatable bonds is 9. The number of aliphatic imine (C=N–C) groups is 1. The molecule has 29 heavy (non-hydrogen) atoms. The van der Waals surface area contributed by atoms with Crippen LogP contribution in [0.15, 0.2) is 4.99 Å². The highest BCUT2D eigenvalue weighted by Gasteiger charge is 2.30. The summed E-state index contributed by atoms with van der Waals surface area (Å²) in [6.07, 6.45) is 11.5. The minimum atomic E-state index is -0.378. The molecule has 1 saturated carbocycles. The number of hydrogen-bond acceptors (Lipinski definition) is 4. The van der Waals surface area contributed by atoms with Gasteiger partial charge in [0, 0.05) is 45.2 Å². The summed E-state index contributed by atoms with van der Waals surface area (Å²) >= 11 is 0. The third-order valence-electron chi connectivity index (χ3n) is 5.65. The first-order chi connectivity index (χ1) is 13.4. The van der Waals surface area contributed by atoms with Crippen LogP contribution in [-0.2, 0) is 9.53 Å². The topological polar surface area (TPSA) is 66.0 Å². The van der Waals surface area contributed by atoms with Crippen molar-refractivity contribution < 1.29 is 9.53 Å². The fraction of sp³-hybridized carbons (Fsp3) is 0.909. The standard InChI is InChI=1S/C22H42N4O2.HI/c1-22(2,3)28-20(27)13-7-5-6-10-15-24-21(23-4)25-18-14-16-26(17-18)19-11-8-9-12-19;/h18-19H,5-17H2,1-4H3,(H2,23,24,25);1H. The average molecular weight is 523 g/mol. The van der Waals surface area contributed by atoms with Gasteiger partial charge in [0.05, 0.1) is 0 Å². The molecule has 0 aromatic rings. The molecule has 7 heteroatoms. The Morgan fingerprint density at radius 1 is 1.10 bits per heavy atom. The fourth-order valence-corrected chi connectivity index (χ4v) is 4.24. The first-order valence-electron chi connectivity index (χ1n) is 11.3. The van der Waals surface area contributed by atoms with E-state index in [1.807, 2.05) is 27.8 Å². The molecule has 0 amide bonds. The Hall–Kier alpha value is -0.570. The molecule has 1 aliphatic heterocycles. The molecule has 1 aliphatic carbocycles. The number of carbonyl (C=O) groups is 1. The third kappa shape index (κ3) is 10.9. The number of nitrogens with one attached hydrogen (secondary N) is 2. The Labute approximate surface area is 195 Å². The number of ether oxygens (including phenoxy) is 1. The molecule has 170 valence electrons. The molecular weight excluding hydrogens is 479 g/mol.